The summed E-state index contributed by atoms with van der Waals surface area (Å²) in [7, 11) is -11.4. The monoisotopic (exact) mass is 401 g/mol. The Bertz CT molecular complexity index is 828. The van der Waals surface area contributed by atoms with E-state index in [0.717, 1.165) is 16.8 Å². The Hall–Kier alpha value is -1.18. The fourth-order valence-corrected chi connectivity index (χ4v) is 3.53. The van der Waals surface area contributed by atoms with Crippen molar-refractivity contribution in [3.8, 4) is 0 Å². The maximum Gasteiger partial charge on any atom is 0.330 e. The van der Waals surface area contributed by atoms with Crippen molar-refractivity contribution in [1.82, 2.24) is 9.55 Å². The van der Waals surface area contributed by atoms with E-state index in [1.807, 2.05) is 4.98 Å². The lowest BCUT2D eigenvalue weighted by atomic mass is 10.1. The largest absolute Gasteiger partial charge is 0.790 e. The molecule has 142 valence electrons. The first kappa shape index (κ1) is 20.1. The first-order valence-electron chi connectivity index (χ1n) is 6.42. The van der Waals surface area contributed by atoms with Crippen molar-refractivity contribution < 1.29 is 47.6 Å². The van der Waals surface area contributed by atoms with Gasteiger partial charge in [0.1, 0.15) is 18.3 Å². The van der Waals surface area contributed by atoms with Crippen LogP contribution in [-0.2, 0) is 22.7 Å². The number of aromatic amines is 1. The summed E-state index contributed by atoms with van der Waals surface area (Å²) in [5, 5.41) is 19.7. The number of aromatic nitrogens is 2. The highest BCUT2D eigenvalue weighted by atomic mass is 31.3. The molecular formula is C9H11N2O12P2-3. The number of phosphoric ester groups is 1. The lowest BCUT2D eigenvalue weighted by molar-refractivity contribution is -0.339. The van der Waals surface area contributed by atoms with E-state index in [9.17, 15) is 43.6 Å². The lowest BCUT2D eigenvalue weighted by Gasteiger charge is -2.35. The molecule has 5 atom stereocenters. The second-order valence-electron chi connectivity index (χ2n) is 4.84. The van der Waals surface area contributed by atoms with Gasteiger partial charge in [0.2, 0.25) is 0 Å². The Morgan fingerprint density at radius 2 is 1.88 bits per heavy atom. The van der Waals surface area contributed by atoms with Gasteiger partial charge in [-0.05, 0) is 0 Å². The average Bonchev–Trinajstić information content (AvgIpc) is 2.71. The molecule has 0 radical (unpaired) electrons. The van der Waals surface area contributed by atoms with E-state index in [2.05, 4.69) is 8.83 Å². The van der Waals surface area contributed by atoms with Gasteiger partial charge in [-0.3, -0.25) is 23.2 Å². The number of ether oxygens (including phenoxy) is 1. The van der Waals surface area contributed by atoms with E-state index in [1.54, 1.807) is 0 Å². The Balaban J connectivity index is 2.09. The Morgan fingerprint density at radius 1 is 1.24 bits per heavy atom. The minimum absolute atomic E-state index is 0.724. The molecule has 1 aliphatic heterocycles. The van der Waals surface area contributed by atoms with Gasteiger partial charge in [-0.2, -0.15) is 0 Å². The third kappa shape index (κ3) is 5.15. The molecule has 1 fully saturated rings. The first-order chi connectivity index (χ1) is 11.4. The number of nitrogens with zero attached hydrogens (tertiary/aromatic N) is 1. The minimum Gasteiger partial charge on any atom is -0.790 e. The van der Waals surface area contributed by atoms with E-state index >= 15 is 0 Å². The van der Waals surface area contributed by atoms with Gasteiger partial charge in [0.25, 0.3) is 13.4 Å². The molecule has 0 spiro atoms. The number of aliphatic hydroxyl groups is 2. The van der Waals surface area contributed by atoms with E-state index in [0.29, 0.717) is 0 Å². The lowest BCUT2D eigenvalue weighted by Crippen LogP contribution is -2.37. The van der Waals surface area contributed by atoms with Gasteiger partial charge >= 0.3 is 5.69 Å². The zero-order chi connectivity index (χ0) is 19.0. The van der Waals surface area contributed by atoms with Gasteiger partial charge in [-0.15, -0.1) is 0 Å². The smallest absolute Gasteiger partial charge is 0.330 e. The quantitative estimate of drug-likeness (QED) is 0.383. The highest BCUT2D eigenvalue weighted by Gasteiger charge is 2.44. The molecule has 2 rings (SSSR count). The molecule has 0 aromatic carbocycles. The van der Waals surface area contributed by atoms with Crippen molar-refractivity contribution >= 4 is 15.6 Å². The normalized spacial score (nSPS) is 29.5. The van der Waals surface area contributed by atoms with E-state index < -0.39 is 58.0 Å². The summed E-state index contributed by atoms with van der Waals surface area (Å²) < 4.78 is 34.6. The molecule has 1 unspecified atom stereocenters. The number of hydrogen-bond acceptors (Lipinski definition) is 12. The van der Waals surface area contributed by atoms with Crippen LogP contribution in [0.25, 0.3) is 0 Å². The van der Waals surface area contributed by atoms with Crippen molar-refractivity contribution in [2.24, 2.45) is 0 Å². The maximum atomic E-state index is 11.6. The molecule has 0 amide bonds. The number of hydrogen-bond donors (Lipinski definition) is 3. The predicted molar refractivity (Wildman–Crippen MR) is 69.5 cm³/mol. The van der Waals surface area contributed by atoms with Crippen LogP contribution in [0.3, 0.4) is 0 Å². The molecular weight excluding hydrogens is 390 g/mol. The molecule has 1 aromatic heterocycles. The minimum atomic E-state index is -5.88. The fourth-order valence-electron chi connectivity index (χ4n) is 2.04. The summed E-state index contributed by atoms with van der Waals surface area (Å²) in [6, 6.07) is 0.938. The molecule has 14 nitrogen and oxygen atoms in total. The summed E-state index contributed by atoms with van der Waals surface area (Å²) in [4.78, 5) is 56.2. The highest BCUT2D eigenvalue weighted by molar-refractivity contribution is 7.58. The highest BCUT2D eigenvalue weighted by Crippen LogP contribution is 2.50. The van der Waals surface area contributed by atoms with Gasteiger partial charge in [0.15, 0.2) is 6.23 Å². The van der Waals surface area contributed by atoms with Crippen molar-refractivity contribution in [3.05, 3.63) is 33.1 Å². The van der Waals surface area contributed by atoms with Crippen molar-refractivity contribution in [3.63, 3.8) is 0 Å². The SMILES string of the molecule is O=c1ccn([C@@H]2O[C@H](COP(=O)([O-])OP(=O)([O-])[O-])[C@@H](O)[C@H]2O)c(=O)[nH]1. The topological polar surface area (TPSA) is 226 Å². The zero-order valence-corrected chi connectivity index (χ0v) is 13.8. The molecule has 1 aromatic rings. The second kappa shape index (κ2) is 7.21. The molecule has 1 saturated heterocycles. The standard InChI is InChI=1S/C9H14N2O12P2/c12-5-1-2-11(9(15)10-5)8-7(14)6(13)4(22-8)3-21-25(19,20)23-24(16,17)18/h1-2,4,6-8,13-14H,3H2,(H,19,20)(H,10,12,15)(H2,16,17,18)/p-3/t4-,6-,7-,8-/m1/s1. The van der Waals surface area contributed by atoms with Crippen molar-refractivity contribution in [1.29, 1.82) is 0 Å². The molecule has 2 heterocycles. The predicted octanol–water partition coefficient (Wildman–Crippen LogP) is -4.51. The van der Waals surface area contributed by atoms with Gasteiger partial charge in [-0.25, -0.2) is 4.79 Å². The first-order valence-corrected chi connectivity index (χ1v) is 9.34. The average molecular weight is 401 g/mol. The van der Waals surface area contributed by atoms with Crippen LogP contribution in [0.1, 0.15) is 6.23 Å². The second-order valence-corrected chi connectivity index (χ2v) is 7.54. The molecule has 0 bridgehead atoms. The van der Waals surface area contributed by atoms with Crippen molar-refractivity contribution in [2.45, 2.75) is 24.5 Å². The Kier molecular flexibility index (Phi) is 5.81. The summed E-state index contributed by atoms with van der Waals surface area (Å²) in [5.74, 6) is 0. The third-order valence-corrected chi connectivity index (χ3v) is 5.12. The molecule has 1 aliphatic rings. The van der Waals surface area contributed by atoms with E-state index in [1.165, 1.54) is 0 Å². The number of phosphoric acid groups is 2. The van der Waals surface area contributed by atoms with Crippen LogP contribution in [-0.4, -0.2) is 44.7 Å². The number of H-pyrrole nitrogens is 1. The van der Waals surface area contributed by atoms with Crippen LogP contribution < -0.4 is 25.9 Å². The van der Waals surface area contributed by atoms with Crippen LogP contribution in [0.15, 0.2) is 21.9 Å². The number of nitrogens with one attached hydrogen (secondary N) is 1. The van der Waals surface area contributed by atoms with Crippen molar-refractivity contribution in [2.75, 3.05) is 6.61 Å². The van der Waals surface area contributed by atoms with Crippen LogP contribution in [0, 0.1) is 0 Å². The van der Waals surface area contributed by atoms with Crippen LogP contribution in [0.2, 0.25) is 0 Å². The van der Waals surface area contributed by atoms with Crippen LogP contribution in [0.5, 0.6) is 0 Å². The summed E-state index contributed by atoms with van der Waals surface area (Å²) >= 11 is 0. The van der Waals surface area contributed by atoms with Crippen LogP contribution >= 0.6 is 15.6 Å². The maximum absolute atomic E-state index is 11.6. The molecule has 3 N–H and O–H groups in total. The summed E-state index contributed by atoms with van der Waals surface area (Å²) in [5.41, 5.74) is -1.69. The third-order valence-electron chi connectivity index (χ3n) is 3.06. The zero-order valence-electron chi connectivity index (χ0n) is 12.0. The Morgan fingerprint density at radius 3 is 2.44 bits per heavy atom. The van der Waals surface area contributed by atoms with Gasteiger partial charge in [-0.1, -0.05) is 0 Å². The fraction of sp³-hybridized carbons (Fsp3) is 0.556. The van der Waals surface area contributed by atoms with E-state index in [-0.39, 0.29) is 0 Å². The number of aliphatic hydroxyl groups excluding tert-OH is 2. The summed E-state index contributed by atoms with van der Waals surface area (Å²) in [6.45, 7) is -1.02. The van der Waals surface area contributed by atoms with Gasteiger partial charge < -0.3 is 38.7 Å². The van der Waals surface area contributed by atoms with Gasteiger partial charge in [0.05, 0.1) is 14.4 Å². The van der Waals surface area contributed by atoms with Gasteiger partial charge in [0, 0.05) is 12.3 Å². The molecule has 25 heavy (non-hydrogen) atoms. The van der Waals surface area contributed by atoms with Crippen LogP contribution in [0.4, 0.5) is 0 Å². The molecule has 0 aliphatic carbocycles. The number of rotatable bonds is 6. The summed E-state index contributed by atoms with van der Waals surface area (Å²) in [6.07, 6.45) is -5.51. The molecule has 16 heteroatoms. The molecule has 0 saturated carbocycles. The van der Waals surface area contributed by atoms with E-state index in [4.69, 9.17) is 4.74 Å². The Labute approximate surface area is 138 Å².